The molecule has 0 bridgehead atoms. The maximum atomic E-state index is 10.6. The Kier molecular flexibility index (Phi) is 1.89. The molecule has 0 aliphatic rings. The van der Waals surface area contributed by atoms with Crippen molar-refractivity contribution in [2.75, 3.05) is 0 Å². The van der Waals surface area contributed by atoms with E-state index in [2.05, 4.69) is 0 Å². The molecule has 72 valence electrons. The molecule has 0 unspecified atom stereocenters. The van der Waals surface area contributed by atoms with E-state index >= 15 is 0 Å². The lowest BCUT2D eigenvalue weighted by atomic mass is 10.1. The van der Waals surface area contributed by atoms with Crippen LogP contribution in [0.5, 0.6) is 5.75 Å². The van der Waals surface area contributed by atoms with Crippen molar-refractivity contribution in [3.63, 3.8) is 0 Å². The highest BCUT2D eigenvalue weighted by atomic mass is 32.1. The van der Waals surface area contributed by atoms with Gasteiger partial charge >= 0.3 is 5.69 Å². The molecule has 2 aromatic rings. The van der Waals surface area contributed by atoms with Crippen LogP contribution in [0.2, 0.25) is 0 Å². The van der Waals surface area contributed by atoms with E-state index in [1.54, 1.807) is 12.3 Å². The van der Waals surface area contributed by atoms with Crippen LogP contribution in [0.15, 0.2) is 17.5 Å². The summed E-state index contributed by atoms with van der Waals surface area (Å²) in [6, 6.07) is 3.24. The Hall–Kier alpha value is -1.62. The number of nitrogens with zero attached hydrogens (tertiary/aromatic N) is 1. The van der Waals surface area contributed by atoms with Crippen molar-refractivity contribution in [3.05, 3.63) is 33.2 Å². The predicted molar refractivity (Wildman–Crippen MR) is 54.9 cm³/mol. The summed E-state index contributed by atoms with van der Waals surface area (Å²) in [5.74, 6) is -0.231. The molecule has 0 aliphatic carbocycles. The Morgan fingerprint density at radius 3 is 2.93 bits per heavy atom. The van der Waals surface area contributed by atoms with Gasteiger partial charge in [0.05, 0.1) is 9.62 Å². The summed E-state index contributed by atoms with van der Waals surface area (Å²) in [5.41, 5.74) is 0.586. The Morgan fingerprint density at radius 1 is 1.57 bits per heavy atom. The Balaban J connectivity index is 2.88. The first-order chi connectivity index (χ1) is 6.61. The summed E-state index contributed by atoms with van der Waals surface area (Å²) < 4.78 is 0.580. The number of hydrogen-bond donors (Lipinski definition) is 1. The first-order valence-electron chi connectivity index (χ1n) is 3.95. The maximum absolute atomic E-state index is 10.6. The number of thiophene rings is 1. The fourth-order valence-electron chi connectivity index (χ4n) is 1.41. The first kappa shape index (κ1) is 8.96. The van der Waals surface area contributed by atoms with Crippen LogP contribution in [0.25, 0.3) is 10.1 Å². The summed E-state index contributed by atoms with van der Waals surface area (Å²) in [6.07, 6.45) is 0. The number of rotatable bonds is 1. The van der Waals surface area contributed by atoms with Gasteiger partial charge in [0, 0.05) is 6.07 Å². The van der Waals surface area contributed by atoms with E-state index < -0.39 is 4.92 Å². The molecule has 2 rings (SSSR count). The van der Waals surface area contributed by atoms with Crippen LogP contribution in [-0.4, -0.2) is 10.0 Å². The zero-order valence-corrected chi connectivity index (χ0v) is 8.17. The van der Waals surface area contributed by atoms with Gasteiger partial charge in [-0.3, -0.25) is 10.1 Å². The largest absolute Gasteiger partial charge is 0.501 e. The predicted octanol–water partition coefficient (Wildman–Crippen LogP) is 2.82. The average Bonchev–Trinajstić information content (AvgIpc) is 2.59. The molecule has 1 aromatic heterocycles. The third kappa shape index (κ3) is 1.13. The molecule has 0 aliphatic heterocycles. The molecule has 0 spiro atoms. The number of nitro benzene ring substituents is 1. The smallest absolute Gasteiger partial charge is 0.312 e. The summed E-state index contributed by atoms with van der Waals surface area (Å²) in [6.45, 7) is 1.79. The van der Waals surface area contributed by atoms with Gasteiger partial charge in [0.15, 0.2) is 0 Å². The van der Waals surface area contributed by atoms with Crippen LogP contribution in [-0.2, 0) is 0 Å². The van der Waals surface area contributed by atoms with Gasteiger partial charge in [0.2, 0.25) is 5.75 Å². The van der Waals surface area contributed by atoms with Crippen LogP contribution >= 0.6 is 11.3 Å². The van der Waals surface area contributed by atoms with E-state index in [0.29, 0.717) is 4.70 Å². The summed E-state index contributed by atoms with van der Waals surface area (Å²) in [7, 11) is 0. The van der Waals surface area contributed by atoms with E-state index in [1.807, 2.05) is 6.07 Å². The van der Waals surface area contributed by atoms with Gasteiger partial charge in [-0.05, 0) is 29.3 Å². The summed E-state index contributed by atoms with van der Waals surface area (Å²) >= 11 is 1.31. The third-order valence-electron chi connectivity index (χ3n) is 2.10. The zero-order valence-electron chi connectivity index (χ0n) is 7.35. The van der Waals surface area contributed by atoms with Crippen molar-refractivity contribution >= 4 is 27.1 Å². The number of aromatic hydroxyl groups is 1. The second kappa shape index (κ2) is 2.95. The number of fused-ring (bicyclic) bond motifs is 1. The number of aryl methyl sites for hydroxylation is 1. The number of phenolic OH excluding ortho intramolecular Hbond substituents is 1. The maximum Gasteiger partial charge on any atom is 0.312 e. The van der Waals surface area contributed by atoms with Gasteiger partial charge in [-0.2, -0.15) is 0 Å². The minimum Gasteiger partial charge on any atom is -0.501 e. The molecule has 14 heavy (non-hydrogen) atoms. The van der Waals surface area contributed by atoms with Crippen molar-refractivity contribution in [2.45, 2.75) is 6.92 Å². The van der Waals surface area contributed by atoms with Crippen LogP contribution in [0.3, 0.4) is 0 Å². The molecule has 1 heterocycles. The fourth-order valence-corrected chi connectivity index (χ4v) is 2.32. The molecule has 1 N–H and O–H groups in total. The van der Waals surface area contributed by atoms with Gasteiger partial charge in [0.25, 0.3) is 0 Å². The molecular weight excluding hydrogens is 202 g/mol. The Bertz CT molecular complexity index is 518. The van der Waals surface area contributed by atoms with Crippen molar-refractivity contribution in [3.8, 4) is 5.75 Å². The SMILES string of the molecule is Cc1cc([N+](=O)[O-])c(O)c2sccc12. The second-order valence-electron chi connectivity index (χ2n) is 2.98. The molecule has 0 amide bonds. The van der Waals surface area contributed by atoms with E-state index in [0.717, 1.165) is 10.9 Å². The standard InChI is InChI=1S/C9H7NO3S/c1-5-4-7(10(12)13)8(11)9-6(5)2-3-14-9/h2-4,11H,1H3. The van der Waals surface area contributed by atoms with Crippen molar-refractivity contribution in [1.29, 1.82) is 0 Å². The quantitative estimate of drug-likeness (QED) is 0.580. The average molecular weight is 209 g/mol. The zero-order chi connectivity index (χ0) is 10.3. The monoisotopic (exact) mass is 209 g/mol. The van der Waals surface area contributed by atoms with E-state index in [1.165, 1.54) is 17.4 Å². The van der Waals surface area contributed by atoms with Crippen LogP contribution in [0.1, 0.15) is 5.56 Å². The van der Waals surface area contributed by atoms with E-state index in [-0.39, 0.29) is 11.4 Å². The highest BCUT2D eigenvalue weighted by molar-refractivity contribution is 7.17. The lowest BCUT2D eigenvalue weighted by Crippen LogP contribution is -1.89. The van der Waals surface area contributed by atoms with Gasteiger partial charge in [-0.1, -0.05) is 0 Å². The summed E-state index contributed by atoms with van der Waals surface area (Å²) in [5, 5.41) is 22.9. The molecule has 1 aromatic carbocycles. The van der Waals surface area contributed by atoms with Gasteiger partial charge in [-0.25, -0.2) is 0 Å². The normalized spacial score (nSPS) is 10.6. The molecule has 5 heteroatoms. The topological polar surface area (TPSA) is 63.4 Å². The summed E-state index contributed by atoms with van der Waals surface area (Å²) in [4.78, 5) is 10.0. The van der Waals surface area contributed by atoms with E-state index in [9.17, 15) is 15.2 Å². The fraction of sp³-hybridized carbons (Fsp3) is 0.111. The van der Waals surface area contributed by atoms with E-state index in [4.69, 9.17) is 0 Å². The molecule has 0 saturated heterocycles. The van der Waals surface area contributed by atoms with Crippen molar-refractivity contribution < 1.29 is 10.0 Å². The van der Waals surface area contributed by atoms with Gasteiger partial charge in [0.1, 0.15) is 0 Å². The number of hydrogen-bond acceptors (Lipinski definition) is 4. The minimum atomic E-state index is -0.568. The van der Waals surface area contributed by atoms with Gasteiger partial charge in [-0.15, -0.1) is 11.3 Å². The Morgan fingerprint density at radius 2 is 2.29 bits per heavy atom. The lowest BCUT2D eigenvalue weighted by Gasteiger charge is -2.00. The first-order valence-corrected chi connectivity index (χ1v) is 4.83. The van der Waals surface area contributed by atoms with Crippen molar-refractivity contribution in [2.24, 2.45) is 0 Å². The molecule has 0 saturated carbocycles. The minimum absolute atomic E-state index is 0.225. The molecular formula is C9H7NO3S. The van der Waals surface area contributed by atoms with Crippen LogP contribution in [0.4, 0.5) is 5.69 Å². The lowest BCUT2D eigenvalue weighted by molar-refractivity contribution is -0.385. The highest BCUT2D eigenvalue weighted by Crippen LogP contribution is 2.39. The Labute approximate surface area is 83.6 Å². The molecule has 0 fully saturated rings. The number of phenols is 1. The van der Waals surface area contributed by atoms with Crippen LogP contribution in [0, 0.1) is 17.0 Å². The number of nitro groups is 1. The third-order valence-corrected chi connectivity index (χ3v) is 3.02. The molecule has 4 nitrogen and oxygen atoms in total. The molecule has 0 radical (unpaired) electrons. The molecule has 0 atom stereocenters. The second-order valence-corrected chi connectivity index (χ2v) is 3.90. The number of benzene rings is 1. The van der Waals surface area contributed by atoms with Crippen molar-refractivity contribution in [1.82, 2.24) is 0 Å². The highest BCUT2D eigenvalue weighted by Gasteiger charge is 2.18. The van der Waals surface area contributed by atoms with Gasteiger partial charge < -0.3 is 5.11 Å². The van der Waals surface area contributed by atoms with Crippen LogP contribution < -0.4 is 0 Å².